The van der Waals surface area contributed by atoms with Gasteiger partial charge in [0.1, 0.15) is 5.15 Å². The van der Waals surface area contributed by atoms with Crippen LogP contribution in [0.2, 0.25) is 5.15 Å². The number of hydrogen-bond donors (Lipinski definition) is 1. The molecule has 0 aliphatic carbocycles. The highest BCUT2D eigenvalue weighted by molar-refractivity contribution is 6.30. The third-order valence-electron chi connectivity index (χ3n) is 3.01. The van der Waals surface area contributed by atoms with Crippen LogP contribution in [0.4, 0.5) is 0 Å². The largest absolute Gasteiger partial charge is 0.379 e. The first kappa shape index (κ1) is 15.2. The van der Waals surface area contributed by atoms with Crippen LogP contribution in [0.5, 0.6) is 0 Å². The van der Waals surface area contributed by atoms with E-state index in [2.05, 4.69) is 22.4 Å². The summed E-state index contributed by atoms with van der Waals surface area (Å²) in [5.74, 6) is 0. The molecule has 3 nitrogen and oxygen atoms in total. The van der Waals surface area contributed by atoms with Crippen molar-refractivity contribution in [3.63, 3.8) is 0 Å². The van der Waals surface area contributed by atoms with Crippen LogP contribution in [-0.4, -0.2) is 24.2 Å². The van der Waals surface area contributed by atoms with Crippen LogP contribution < -0.4 is 5.32 Å². The number of nitrogens with one attached hydrogen (secondary N) is 1. The topological polar surface area (TPSA) is 34.1 Å². The number of hydrogen-bond acceptors (Lipinski definition) is 3. The molecule has 0 atom stereocenters. The van der Waals surface area contributed by atoms with Crippen LogP contribution in [0.1, 0.15) is 25.8 Å². The SMILES string of the molecule is CC(C)OCCCNCc1cc2ccccc2nc1Cl. The van der Waals surface area contributed by atoms with Crippen molar-refractivity contribution in [2.75, 3.05) is 13.2 Å². The van der Waals surface area contributed by atoms with Crippen molar-refractivity contribution in [1.82, 2.24) is 10.3 Å². The first-order valence-electron chi connectivity index (χ1n) is 7.03. The van der Waals surface area contributed by atoms with Gasteiger partial charge >= 0.3 is 0 Å². The van der Waals surface area contributed by atoms with Crippen LogP contribution in [0, 0.1) is 0 Å². The van der Waals surface area contributed by atoms with E-state index in [9.17, 15) is 0 Å². The number of pyridine rings is 1. The highest BCUT2D eigenvalue weighted by Crippen LogP contribution is 2.20. The third kappa shape index (κ3) is 4.44. The number of nitrogens with zero attached hydrogens (tertiary/aromatic N) is 1. The summed E-state index contributed by atoms with van der Waals surface area (Å²) in [4.78, 5) is 4.41. The van der Waals surface area contributed by atoms with E-state index in [1.807, 2.05) is 32.0 Å². The second-order valence-electron chi connectivity index (χ2n) is 5.08. The summed E-state index contributed by atoms with van der Waals surface area (Å²) < 4.78 is 5.50. The summed E-state index contributed by atoms with van der Waals surface area (Å²) in [6, 6.07) is 10.1. The lowest BCUT2D eigenvalue weighted by molar-refractivity contribution is 0.0770. The zero-order chi connectivity index (χ0) is 14.4. The summed E-state index contributed by atoms with van der Waals surface area (Å²) >= 11 is 6.21. The van der Waals surface area contributed by atoms with Gasteiger partial charge in [-0.15, -0.1) is 0 Å². The Morgan fingerprint density at radius 3 is 2.90 bits per heavy atom. The number of para-hydroxylation sites is 1. The first-order chi connectivity index (χ1) is 9.66. The second kappa shape index (κ2) is 7.58. The van der Waals surface area contributed by atoms with Crippen molar-refractivity contribution in [2.45, 2.75) is 32.9 Å². The van der Waals surface area contributed by atoms with E-state index in [0.717, 1.165) is 42.6 Å². The van der Waals surface area contributed by atoms with E-state index < -0.39 is 0 Å². The molecule has 2 aromatic rings. The number of halogens is 1. The molecular formula is C16H21ClN2O. The molecule has 1 N–H and O–H groups in total. The van der Waals surface area contributed by atoms with Crippen LogP contribution >= 0.6 is 11.6 Å². The minimum atomic E-state index is 0.300. The minimum Gasteiger partial charge on any atom is -0.379 e. The average Bonchev–Trinajstić information content (AvgIpc) is 2.42. The maximum atomic E-state index is 6.21. The van der Waals surface area contributed by atoms with Gasteiger partial charge in [-0.2, -0.15) is 0 Å². The smallest absolute Gasteiger partial charge is 0.134 e. The van der Waals surface area contributed by atoms with Crippen molar-refractivity contribution >= 4 is 22.5 Å². The zero-order valence-electron chi connectivity index (χ0n) is 12.0. The number of fused-ring (bicyclic) bond motifs is 1. The van der Waals surface area contributed by atoms with Gasteiger partial charge in [0.25, 0.3) is 0 Å². The van der Waals surface area contributed by atoms with Crippen LogP contribution in [0.15, 0.2) is 30.3 Å². The normalized spacial score (nSPS) is 11.4. The Kier molecular flexibility index (Phi) is 5.77. The van der Waals surface area contributed by atoms with E-state index in [0.29, 0.717) is 11.3 Å². The van der Waals surface area contributed by atoms with Gasteiger partial charge in [-0.05, 0) is 38.9 Å². The summed E-state index contributed by atoms with van der Waals surface area (Å²) in [5.41, 5.74) is 1.97. The molecule has 0 bridgehead atoms. The summed E-state index contributed by atoms with van der Waals surface area (Å²) in [6.07, 6.45) is 1.30. The quantitative estimate of drug-likeness (QED) is 0.623. The molecule has 0 fully saturated rings. The first-order valence-corrected chi connectivity index (χ1v) is 7.41. The predicted octanol–water partition coefficient (Wildman–Crippen LogP) is 3.79. The molecule has 2 rings (SSSR count). The third-order valence-corrected chi connectivity index (χ3v) is 3.34. The summed E-state index contributed by atoms with van der Waals surface area (Å²) in [7, 11) is 0. The van der Waals surface area contributed by atoms with Gasteiger partial charge in [0, 0.05) is 24.1 Å². The van der Waals surface area contributed by atoms with E-state index in [1.54, 1.807) is 0 Å². The Bertz CT molecular complexity index is 557. The molecule has 1 aromatic carbocycles. The van der Waals surface area contributed by atoms with Crippen molar-refractivity contribution in [3.8, 4) is 0 Å². The Hall–Kier alpha value is -1.16. The minimum absolute atomic E-state index is 0.300. The number of ether oxygens (including phenoxy) is 1. The molecular weight excluding hydrogens is 272 g/mol. The zero-order valence-corrected chi connectivity index (χ0v) is 12.8. The maximum Gasteiger partial charge on any atom is 0.134 e. The van der Waals surface area contributed by atoms with E-state index in [-0.39, 0.29) is 0 Å². The van der Waals surface area contributed by atoms with Crippen LogP contribution in [0.3, 0.4) is 0 Å². The van der Waals surface area contributed by atoms with Gasteiger partial charge in [0.05, 0.1) is 11.6 Å². The lowest BCUT2D eigenvalue weighted by Gasteiger charge is -2.09. The maximum absolute atomic E-state index is 6.21. The molecule has 0 amide bonds. The highest BCUT2D eigenvalue weighted by atomic mass is 35.5. The van der Waals surface area contributed by atoms with Gasteiger partial charge < -0.3 is 10.1 Å². The summed E-state index contributed by atoms with van der Waals surface area (Å²) in [5, 5.41) is 5.08. The molecule has 1 heterocycles. The van der Waals surface area contributed by atoms with Crippen molar-refractivity contribution < 1.29 is 4.74 Å². The van der Waals surface area contributed by atoms with E-state index in [1.165, 1.54) is 0 Å². The highest BCUT2D eigenvalue weighted by Gasteiger charge is 2.04. The molecule has 0 saturated heterocycles. The fraction of sp³-hybridized carbons (Fsp3) is 0.438. The van der Waals surface area contributed by atoms with Gasteiger partial charge in [-0.3, -0.25) is 0 Å². The van der Waals surface area contributed by atoms with Crippen LogP contribution in [0.25, 0.3) is 10.9 Å². The lowest BCUT2D eigenvalue weighted by atomic mass is 10.1. The number of aromatic nitrogens is 1. The van der Waals surface area contributed by atoms with Crippen molar-refractivity contribution in [2.24, 2.45) is 0 Å². The predicted molar refractivity (Wildman–Crippen MR) is 84.2 cm³/mol. The standard InChI is InChI=1S/C16H21ClN2O/c1-12(2)20-9-5-8-18-11-14-10-13-6-3-4-7-15(13)19-16(14)17/h3-4,6-7,10,12,18H,5,8-9,11H2,1-2H3. The molecule has 20 heavy (non-hydrogen) atoms. The average molecular weight is 293 g/mol. The number of benzene rings is 1. The van der Waals surface area contributed by atoms with Gasteiger partial charge in [0.15, 0.2) is 0 Å². The molecule has 0 aliphatic rings. The van der Waals surface area contributed by atoms with Crippen molar-refractivity contribution in [3.05, 3.63) is 41.0 Å². The fourth-order valence-electron chi connectivity index (χ4n) is 2.00. The van der Waals surface area contributed by atoms with Crippen molar-refractivity contribution in [1.29, 1.82) is 0 Å². The monoisotopic (exact) mass is 292 g/mol. The Balaban J connectivity index is 1.85. The molecule has 0 unspecified atom stereocenters. The lowest BCUT2D eigenvalue weighted by Crippen LogP contribution is -2.17. The van der Waals surface area contributed by atoms with E-state index >= 15 is 0 Å². The Morgan fingerprint density at radius 2 is 2.10 bits per heavy atom. The molecule has 0 aliphatic heterocycles. The van der Waals surface area contributed by atoms with Gasteiger partial charge in [0.2, 0.25) is 0 Å². The fourth-order valence-corrected chi connectivity index (χ4v) is 2.21. The molecule has 0 spiro atoms. The molecule has 0 radical (unpaired) electrons. The van der Waals surface area contributed by atoms with Gasteiger partial charge in [-0.25, -0.2) is 4.98 Å². The van der Waals surface area contributed by atoms with Crippen LogP contribution in [-0.2, 0) is 11.3 Å². The molecule has 4 heteroatoms. The Labute approximate surface area is 125 Å². The number of rotatable bonds is 7. The summed E-state index contributed by atoms with van der Waals surface area (Å²) in [6.45, 7) is 6.53. The Morgan fingerprint density at radius 1 is 1.30 bits per heavy atom. The van der Waals surface area contributed by atoms with Gasteiger partial charge in [-0.1, -0.05) is 29.8 Å². The van der Waals surface area contributed by atoms with E-state index in [4.69, 9.17) is 16.3 Å². The second-order valence-corrected chi connectivity index (χ2v) is 5.44. The molecule has 1 aromatic heterocycles. The molecule has 0 saturated carbocycles. The molecule has 108 valence electrons.